The molecule has 3 nitrogen and oxygen atoms in total. The van der Waals surface area contributed by atoms with Crippen molar-refractivity contribution in [1.82, 2.24) is 0 Å². The highest BCUT2D eigenvalue weighted by Gasteiger charge is 2.14. The number of amides is 1. The Hall–Kier alpha value is -1.45. The van der Waals surface area contributed by atoms with Crippen molar-refractivity contribution in [1.29, 1.82) is 0 Å². The Kier molecular flexibility index (Phi) is 3.64. The monoisotopic (exact) mass is 283 g/mol. The summed E-state index contributed by atoms with van der Waals surface area (Å²) in [6, 6.07) is 6.58. The van der Waals surface area contributed by atoms with E-state index in [1.54, 1.807) is 38.1 Å². The number of benzene rings is 1. The Morgan fingerprint density at radius 2 is 1.94 bits per heavy atom. The largest absolute Gasteiger partial charge is 0.466 e. The predicted octanol–water partition coefficient (Wildman–Crippen LogP) is 4.46. The molecular formula is C13H11Cl2NO2. The zero-order chi connectivity index (χ0) is 13.3. The second-order valence-corrected chi connectivity index (χ2v) is 4.75. The maximum absolute atomic E-state index is 12.0. The Morgan fingerprint density at radius 1 is 1.22 bits per heavy atom. The van der Waals surface area contributed by atoms with Crippen molar-refractivity contribution in [3.8, 4) is 0 Å². The van der Waals surface area contributed by atoms with E-state index in [4.69, 9.17) is 27.6 Å². The summed E-state index contributed by atoms with van der Waals surface area (Å²) in [4.78, 5) is 12.0. The summed E-state index contributed by atoms with van der Waals surface area (Å²) in [7, 11) is 0. The average Bonchev–Trinajstić information content (AvgIpc) is 2.63. The third kappa shape index (κ3) is 2.68. The number of hydrogen-bond acceptors (Lipinski definition) is 2. The molecule has 0 saturated carbocycles. The molecule has 0 radical (unpaired) electrons. The summed E-state index contributed by atoms with van der Waals surface area (Å²) < 4.78 is 5.31. The van der Waals surface area contributed by atoms with Crippen LogP contribution in [0.4, 0.5) is 5.69 Å². The van der Waals surface area contributed by atoms with E-state index in [9.17, 15) is 4.79 Å². The lowest BCUT2D eigenvalue weighted by molar-refractivity contribution is 0.102. The van der Waals surface area contributed by atoms with E-state index in [0.717, 1.165) is 0 Å². The maximum Gasteiger partial charge on any atom is 0.259 e. The first-order chi connectivity index (χ1) is 8.47. The molecule has 1 amide bonds. The van der Waals surface area contributed by atoms with Gasteiger partial charge >= 0.3 is 0 Å². The summed E-state index contributed by atoms with van der Waals surface area (Å²) in [5.41, 5.74) is 0.968. The van der Waals surface area contributed by atoms with Crippen LogP contribution in [0.25, 0.3) is 0 Å². The first kappa shape index (κ1) is 13.0. The van der Waals surface area contributed by atoms with Crippen LogP contribution in [0, 0.1) is 13.8 Å². The van der Waals surface area contributed by atoms with Gasteiger partial charge in [0.25, 0.3) is 5.91 Å². The van der Waals surface area contributed by atoms with Crippen LogP contribution in [-0.2, 0) is 0 Å². The molecular weight excluding hydrogens is 273 g/mol. The van der Waals surface area contributed by atoms with Gasteiger partial charge in [0.2, 0.25) is 0 Å². The fourth-order valence-electron chi connectivity index (χ4n) is 1.64. The van der Waals surface area contributed by atoms with Crippen LogP contribution in [0.2, 0.25) is 10.0 Å². The van der Waals surface area contributed by atoms with Gasteiger partial charge in [-0.3, -0.25) is 4.79 Å². The molecule has 1 heterocycles. The van der Waals surface area contributed by atoms with Crippen molar-refractivity contribution in [2.75, 3.05) is 5.32 Å². The molecule has 1 aromatic heterocycles. The quantitative estimate of drug-likeness (QED) is 0.884. The molecule has 0 aliphatic heterocycles. The second kappa shape index (κ2) is 5.04. The molecule has 5 heteroatoms. The van der Waals surface area contributed by atoms with Crippen LogP contribution in [0.3, 0.4) is 0 Å². The molecule has 0 unspecified atom stereocenters. The standard InChI is InChI=1S/C13H11Cl2NO2/c1-7-5-10(8(2)18-7)13(17)16-12-6-9(14)3-4-11(12)15/h3-6H,1-2H3,(H,16,17). The molecule has 94 valence electrons. The van der Waals surface area contributed by atoms with Crippen molar-refractivity contribution in [2.45, 2.75) is 13.8 Å². The molecule has 1 N–H and O–H groups in total. The number of nitrogens with one attached hydrogen (secondary N) is 1. The summed E-state index contributed by atoms with van der Waals surface area (Å²) in [6.45, 7) is 3.53. The van der Waals surface area contributed by atoms with Crippen molar-refractivity contribution < 1.29 is 9.21 Å². The van der Waals surface area contributed by atoms with Crippen LogP contribution in [0.15, 0.2) is 28.7 Å². The molecule has 2 rings (SSSR count). The summed E-state index contributed by atoms with van der Waals surface area (Å²) in [5, 5.41) is 3.65. The van der Waals surface area contributed by atoms with Gasteiger partial charge in [0.05, 0.1) is 16.3 Å². The molecule has 0 aliphatic rings. The van der Waals surface area contributed by atoms with Crippen molar-refractivity contribution in [2.24, 2.45) is 0 Å². The number of aryl methyl sites for hydroxylation is 2. The third-order valence-electron chi connectivity index (χ3n) is 2.46. The van der Waals surface area contributed by atoms with Gasteiger partial charge in [-0.15, -0.1) is 0 Å². The van der Waals surface area contributed by atoms with Crippen LogP contribution in [0.5, 0.6) is 0 Å². The van der Waals surface area contributed by atoms with Crippen molar-refractivity contribution in [3.63, 3.8) is 0 Å². The molecule has 0 spiro atoms. The van der Waals surface area contributed by atoms with E-state index in [-0.39, 0.29) is 5.91 Å². The van der Waals surface area contributed by atoms with Gasteiger partial charge in [-0.1, -0.05) is 23.2 Å². The van der Waals surface area contributed by atoms with Crippen LogP contribution < -0.4 is 5.32 Å². The smallest absolute Gasteiger partial charge is 0.259 e. The minimum Gasteiger partial charge on any atom is -0.466 e. The van der Waals surface area contributed by atoms with Crippen molar-refractivity contribution in [3.05, 3.63) is 51.4 Å². The molecule has 0 aliphatic carbocycles. The number of anilines is 1. The van der Waals surface area contributed by atoms with Crippen LogP contribution in [0.1, 0.15) is 21.9 Å². The van der Waals surface area contributed by atoms with E-state index in [2.05, 4.69) is 5.32 Å². The number of furan rings is 1. The van der Waals surface area contributed by atoms with Crippen LogP contribution >= 0.6 is 23.2 Å². The fraction of sp³-hybridized carbons (Fsp3) is 0.154. The Bertz CT molecular complexity index is 605. The number of halogens is 2. The van der Waals surface area contributed by atoms with Crippen LogP contribution in [-0.4, -0.2) is 5.91 Å². The first-order valence-electron chi connectivity index (χ1n) is 5.31. The summed E-state index contributed by atoms with van der Waals surface area (Å²) in [6.07, 6.45) is 0. The maximum atomic E-state index is 12.0. The molecule has 18 heavy (non-hydrogen) atoms. The topological polar surface area (TPSA) is 42.2 Å². The fourth-order valence-corrected chi connectivity index (χ4v) is 1.98. The van der Waals surface area contributed by atoms with Gasteiger partial charge in [0.1, 0.15) is 11.5 Å². The highest BCUT2D eigenvalue weighted by Crippen LogP contribution is 2.26. The minimum absolute atomic E-state index is 0.270. The van der Waals surface area contributed by atoms with E-state index < -0.39 is 0 Å². The highest BCUT2D eigenvalue weighted by atomic mass is 35.5. The molecule has 0 fully saturated rings. The SMILES string of the molecule is Cc1cc(C(=O)Nc2cc(Cl)ccc2Cl)c(C)o1. The Balaban J connectivity index is 2.26. The Labute approximate surface area is 115 Å². The third-order valence-corrected chi connectivity index (χ3v) is 3.03. The number of rotatable bonds is 2. The normalized spacial score (nSPS) is 10.4. The molecule has 0 bridgehead atoms. The van der Waals surface area contributed by atoms with E-state index in [1.807, 2.05) is 0 Å². The van der Waals surface area contributed by atoms with E-state index in [1.165, 1.54) is 0 Å². The zero-order valence-corrected chi connectivity index (χ0v) is 11.4. The van der Waals surface area contributed by atoms with Gasteiger partial charge in [-0.25, -0.2) is 0 Å². The molecule has 2 aromatic rings. The zero-order valence-electron chi connectivity index (χ0n) is 9.88. The summed E-state index contributed by atoms with van der Waals surface area (Å²) in [5.74, 6) is 0.992. The van der Waals surface area contributed by atoms with Gasteiger partial charge in [0.15, 0.2) is 0 Å². The van der Waals surface area contributed by atoms with Crippen molar-refractivity contribution >= 4 is 34.8 Å². The average molecular weight is 284 g/mol. The van der Waals surface area contributed by atoms with Gasteiger partial charge in [-0.2, -0.15) is 0 Å². The highest BCUT2D eigenvalue weighted by molar-refractivity contribution is 6.35. The van der Waals surface area contributed by atoms with Gasteiger partial charge in [0, 0.05) is 5.02 Å². The molecule has 0 atom stereocenters. The predicted molar refractivity (Wildman–Crippen MR) is 72.6 cm³/mol. The Morgan fingerprint density at radius 3 is 2.56 bits per heavy atom. The van der Waals surface area contributed by atoms with Gasteiger partial charge in [-0.05, 0) is 38.1 Å². The lowest BCUT2D eigenvalue weighted by Crippen LogP contribution is -2.12. The lowest BCUT2D eigenvalue weighted by Gasteiger charge is -2.06. The second-order valence-electron chi connectivity index (χ2n) is 3.91. The van der Waals surface area contributed by atoms with E-state index in [0.29, 0.717) is 32.8 Å². The number of hydrogen-bond donors (Lipinski definition) is 1. The van der Waals surface area contributed by atoms with E-state index >= 15 is 0 Å². The van der Waals surface area contributed by atoms with Gasteiger partial charge < -0.3 is 9.73 Å². The molecule has 0 saturated heterocycles. The number of carbonyl (C=O) groups is 1. The molecule has 1 aromatic carbocycles. The lowest BCUT2D eigenvalue weighted by atomic mass is 10.2. The summed E-state index contributed by atoms with van der Waals surface area (Å²) >= 11 is 11.8. The minimum atomic E-state index is -0.270. The number of carbonyl (C=O) groups excluding carboxylic acids is 1. The first-order valence-corrected chi connectivity index (χ1v) is 6.06.